The van der Waals surface area contributed by atoms with E-state index in [0.29, 0.717) is 28.5 Å². The molecule has 0 amide bonds. The molecule has 0 fully saturated rings. The predicted molar refractivity (Wildman–Crippen MR) is 93.3 cm³/mol. The molecule has 0 atom stereocenters. The van der Waals surface area contributed by atoms with E-state index in [-0.39, 0.29) is 5.88 Å². The van der Waals surface area contributed by atoms with Crippen LogP contribution in [0, 0.1) is 0 Å². The minimum absolute atomic E-state index is 0.0579. The zero-order valence-electron chi connectivity index (χ0n) is 13.7. The first-order valence-corrected chi connectivity index (χ1v) is 7.31. The molecule has 0 bridgehead atoms. The van der Waals surface area contributed by atoms with Crippen molar-refractivity contribution in [3.05, 3.63) is 42.0 Å². The molecule has 3 rings (SSSR count). The second kappa shape index (κ2) is 6.54. The van der Waals surface area contributed by atoms with Crippen molar-refractivity contribution in [3.8, 4) is 23.1 Å². The number of H-pyrrole nitrogens is 1. The molecule has 0 saturated heterocycles. The summed E-state index contributed by atoms with van der Waals surface area (Å²) in [5.41, 5.74) is 2.09. The van der Waals surface area contributed by atoms with Gasteiger partial charge in [-0.2, -0.15) is 0 Å². The number of aromatic nitrogens is 1. The van der Waals surface area contributed by atoms with E-state index in [4.69, 9.17) is 14.2 Å². The van der Waals surface area contributed by atoms with Gasteiger partial charge in [0.05, 0.1) is 32.6 Å². The third-order valence-electron chi connectivity index (χ3n) is 3.73. The summed E-state index contributed by atoms with van der Waals surface area (Å²) in [6.07, 6.45) is 1.61. The molecule has 1 aromatic heterocycles. The number of ether oxygens (including phenoxy) is 3. The van der Waals surface area contributed by atoms with E-state index in [1.54, 1.807) is 39.7 Å². The topological polar surface area (TPSA) is 76.1 Å². The molecule has 6 nitrogen and oxygen atoms in total. The molecule has 0 aliphatic carbocycles. The summed E-state index contributed by atoms with van der Waals surface area (Å²) < 4.78 is 15.7. The number of hydrogen-bond donors (Lipinski definition) is 2. The number of aromatic amines is 1. The van der Waals surface area contributed by atoms with Gasteiger partial charge in [0, 0.05) is 23.2 Å². The lowest BCUT2D eigenvalue weighted by atomic mass is 10.1. The predicted octanol–water partition coefficient (Wildman–Crippen LogP) is 3.65. The smallest absolute Gasteiger partial charge is 0.198 e. The highest BCUT2D eigenvalue weighted by molar-refractivity contribution is 6.03. The van der Waals surface area contributed by atoms with Gasteiger partial charge in [-0.1, -0.05) is 0 Å². The first-order valence-electron chi connectivity index (χ1n) is 7.31. The van der Waals surface area contributed by atoms with Crippen molar-refractivity contribution in [1.29, 1.82) is 0 Å². The first-order chi connectivity index (χ1) is 11.7. The fraction of sp³-hybridized carbons (Fsp3) is 0.167. The molecule has 0 spiro atoms. The second-order valence-corrected chi connectivity index (χ2v) is 5.10. The fourth-order valence-electron chi connectivity index (χ4n) is 2.48. The van der Waals surface area contributed by atoms with Gasteiger partial charge >= 0.3 is 0 Å². The number of methoxy groups -OCH3 is 3. The van der Waals surface area contributed by atoms with Gasteiger partial charge in [0.25, 0.3) is 0 Å². The Hall–Kier alpha value is -3.15. The van der Waals surface area contributed by atoms with Gasteiger partial charge in [-0.3, -0.25) is 4.99 Å². The van der Waals surface area contributed by atoms with Crippen molar-refractivity contribution < 1.29 is 19.3 Å². The number of hydrogen-bond acceptors (Lipinski definition) is 5. The van der Waals surface area contributed by atoms with Crippen LogP contribution in [0.4, 0.5) is 5.69 Å². The zero-order chi connectivity index (χ0) is 17.1. The molecule has 2 aromatic carbocycles. The Morgan fingerprint density at radius 3 is 2.46 bits per heavy atom. The Kier molecular flexibility index (Phi) is 4.29. The minimum Gasteiger partial charge on any atom is -0.497 e. The van der Waals surface area contributed by atoms with Crippen molar-refractivity contribution in [3.63, 3.8) is 0 Å². The summed E-state index contributed by atoms with van der Waals surface area (Å²) in [6, 6.07) is 10.9. The van der Waals surface area contributed by atoms with E-state index in [1.807, 2.05) is 24.3 Å². The molecule has 24 heavy (non-hydrogen) atoms. The Labute approximate surface area is 139 Å². The summed E-state index contributed by atoms with van der Waals surface area (Å²) in [6.45, 7) is 0. The van der Waals surface area contributed by atoms with Crippen molar-refractivity contribution in [2.75, 3.05) is 21.3 Å². The molecular weight excluding hydrogens is 308 g/mol. The van der Waals surface area contributed by atoms with Gasteiger partial charge in [-0.15, -0.1) is 0 Å². The van der Waals surface area contributed by atoms with Crippen LogP contribution in [-0.2, 0) is 0 Å². The fourth-order valence-corrected chi connectivity index (χ4v) is 2.48. The van der Waals surface area contributed by atoms with Crippen LogP contribution in [0.15, 0.2) is 41.4 Å². The van der Waals surface area contributed by atoms with Crippen molar-refractivity contribution in [2.24, 2.45) is 4.99 Å². The highest BCUT2D eigenvalue weighted by atomic mass is 16.5. The van der Waals surface area contributed by atoms with Gasteiger partial charge in [0.2, 0.25) is 0 Å². The number of aliphatic imine (C=N–C) groups is 1. The maximum Gasteiger partial charge on any atom is 0.198 e. The Morgan fingerprint density at radius 1 is 0.958 bits per heavy atom. The summed E-state index contributed by atoms with van der Waals surface area (Å²) in [4.78, 5) is 7.34. The molecule has 6 heteroatoms. The lowest BCUT2D eigenvalue weighted by Gasteiger charge is -2.07. The van der Waals surface area contributed by atoms with Crippen molar-refractivity contribution in [2.45, 2.75) is 0 Å². The number of nitrogens with one attached hydrogen (secondary N) is 1. The summed E-state index contributed by atoms with van der Waals surface area (Å²) >= 11 is 0. The van der Waals surface area contributed by atoms with E-state index in [1.165, 1.54) is 0 Å². The van der Waals surface area contributed by atoms with Gasteiger partial charge in [0.15, 0.2) is 17.4 Å². The SMILES string of the molecule is COc1ccc2[nH]c(O)c(C=Nc3ccc(OC)c(OC)c3)c2c1. The van der Waals surface area contributed by atoms with Crippen LogP contribution < -0.4 is 14.2 Å². The summed E-state index contributed by atoms with van der Waals surface area (Å²) in [7, 11) is 4.76. The lowest BCUT2D eigenvalue weighted by Crippen LogP contribution is -1.89. The number of nitrogens with zero attached hydrogens (tertiary/aromatic N) is 1. The third kappa shape index (κ3) is 2.86. The van der Waals surface area contributed by atoms with Crippen LogP contribution >= 0.6 is 0 Å². The van der Waals surface area contributed by atoms with E-state index in [9.17, 15) is 5.11 Å². The number of fused-ring (bicyclic) bond motifs is 1. The average Bonchev–Trinajstić information content (AvgIpc) is 2.93. The Morgan fingerprint density at radius 2 is 1.75 bits per heavy atom. The molecule has 0 radical (unpaired) electrons. The molecule has 124 valence electrons. The van der Waals surface area contributed by atoms with Crippen LogP contribution in [0.3, 0.4) is 0 Å². The molecular formula is C18H18N2O4. The summed E-state index contributed by atoms with van der Waals surface area (Å²) in [5, 5.41) is 11.0. The average molecular weight is 326 g/mol. The third-order valence-corrected chi connectivity index (χ3v) is 3.73. The van der Waals surface area contributed by atoms with Gasteiger partial charge < -0.3 is 24.3 Å². The van der Waals surface area contributed by atoms with Crippen LogP contribution in [-0.4, -0.2) is 37.6 Å². The van der Waals surface area contributed by atoms with Crippen LogP contribution in [0.1, 0.15) is 5.56 Å². The van der Waals surface area contributed by atoms with E-state index < -0.39 is 0 Å². The monoisotopic (exact) mass is 326 g/mol. The Bertz CT molecular complexity index is 899. The molecule has 2 N–H and O–H groups in total. The molecule has 0 unspecified atom stereocenters. The van der Waals surface area contributed by atoms with E-state index in [0.717, 1.165) is 10.9 Å². The summed E-state index contributed by atoms with van der Waals surface area (Å²) in [5.74, 6) is 2.00. The van der Waals surface area contributed by atoms with Gasteiger partial charge in [-0.05, 0) is 30.3 Å². The molecule has 0 saturated carbocycles. The van der Waals surface area contributed by atoms with E-state index in [2.05, 4.69) is 9.98 Å². The maximum atomic E-state index is 10.1. The van der Waals surface area contributed by atoms with Crippen LogP contribution in [0.5, 0.6) is 23.1 Å². The number of aromatic hydroxyl groups is 1. The lowest BCUT2D eigenvalue weighted by molar-refractivity contribution is 0.355. The largest absolute Gasteiger partial charge is 0.497 e. The molecule has 3 aromatic rings. The standard InChI is InChI=1S/C18H18N2O4/c1-22-12-5-6-15-13(9-12)14(18(21)20-15)10-19-11-4-7-16(23-2)17(8-11)24-3/h4-10,20-21H,1-3H3. The van der Waals surface area contributed by atoms with Crippen molar-refractivity contribution >= 4 is 22.8 Å². The van der Waals surface area contributed by atoms with Gasteiger partial charge in [0.1, 0.15) is 5.75 Å². The van der Waals surface area contributed by atoms with Crippen LogP contribution in [0.2, 0.25) is 0 Å². The van der Waals surface area contributed by atoms with Gasteiger partial charge in [-0.25, -0.2) is 0 Å². The minimum atomic E-state index is 0.0579. The number of benzene rings is 2. The highest BCUT2D eigenvalue weighted by Crippen LogP contribution is 2.32. The molecule has 0 aliphatic rings. The van der Waals surface area contributed by atoms with Crippen LogP contribution in [0.25, 0.3) is 10.9 Å². The Balaban J connectivity index is 2.00. The first kappa shape index (κ1) is 15.7. The van der Waals surface area contributed by atoms with E-state index >= 15 is 0 Å². The second-order valence-electron chi connectivity index (χ2n) is 5.10. The molecule has 1 heterocycles. The highest BCUT2D eigenvalue weighted by Gasteiger charge is 2.10. The maximum absolute atomic E-state index is 10.1. The normalized spacial score (nSPS) is 11.1. The van der Waals surface area contributed by atoms with Crippen molar-refractivity contribution in [1.82, 2.24) is 4.98 Å². The quantitative estimate of drug-likeness (QED) is 0.702. The number of rotatable bonds is 5. The zero-order valence-corrected chi connectivity index (χ0v) is 13.7. The molecule has 0 aliphatic heterocycles.